The molecule has 0 saturated carbocycles. The van der Waals surface area contributed by atoms with Crippen molar-refractivity contribution >= 4 is 33.2 Å². The first-order chi connectivity index (χ1) is 9.11. The molecular formula is C14H13BrClNO2. The first-order valence-corrected chi connectivity index (χ1v) is 6.82. The maximum atomic E-state index is 9.75. The van der Waals surface area contributed by atoms with Gasteiger partial charge in [-0.2, -0.15) is 0 Å². The van der Waals surface area contributed by atoms with Gasteiger partial charge in [0, 0.05) is 22.8 Å². The van der Waals surface area contributed by atoms with Crippen LogP contribution in [0, 0.1) is 0 Å². The summed E-state index contributed by atoms with van der Waals surface area (Å²) in [6, 6.07) is 10.8. The Morgan fingerprint density at radius 3 is 2.74 bits per heavy atom. The third-order valence-corrected chi connectivity index (χ3v) is 3.69. The molecule has 2 aromatic carbocycles. The third kappa shape index (κ3) is 3.33. The number of halogens is 2. The standard InChI is InChI=1S/C14H13BrClNO2/c1-19-14-6-5-9(7-11(14)15)17-8-10-12(16)3-2-4-13(10)18/h2-7,17-18H,8H2,1H3. The van der Waals surface area contributed by atoms with E-state index in [4.69, 9.17) is 16.3 Å². The van der Waals surface area contributed by atoms with Gasteiger partial charge in [0.25, 0.3) is 0 Å². The quantitative estimate of drug-likeness (QED) is 0.863. The van der Waals surface area contributed by atoms with Crippen molar-refractivity contribution in [1.82, 2.24) is 0 Å². The van der Waals surface area contributed by atoms with E-state index in [0.717, 1.165) is 15.9 Å². The van der Waals surface area contributed by atoms with Crippen LogP contribution in [0.15, 0.2) is 40.9 Å². The summed E-state index contributed by atoms with van der Waals surface area (Å²) in [5.41, 5.74) is 1.59. The van der Waals surface area contributed by atoms with Gasteiger partial charge in [0.05, 0.1) is 11.6 Å². The maximum Gasteiger partial charge on any atom is 0.133 e. The molecule has 0 heterocycles. The molecule has 0 aromatic heterocycles. The topological polar surface area (TPSA) is 41.5 Å². The Kier molecular flexibility index (Phi) is 4.56. The summed E-state index contributed by atoms with van der Waals surface area (Å²) in [6.07, 6.45) is 0. The van der Waals surface area contributed by atoms with E-state index < -0.39 is 0 Å². The predicted octanol–water partition coefficient (Wildman–Crippen LogP) is 4.43. The summed E-state index contributed by atoms with van der Waals surface area (Å²) in [5.74, 6) is 0.957. The Bertz CT molecular complexity index is 569. The number of aromatic hydroxyl groups is 1. The lowest BCUT2D eigenvalue weighted by atomic mass is 10.2. The number of nitrogens with one attached hydrogen (secondary N) is 1. The molecule has 0 radical (unpaired) electrons. The first kappa shape index (κ1) is 14.0. The third-order valence-electron chi connectivity index (χ3n) is 2.72. The van der Waals surface area contributed by atoms with Crippen molar-refractivity contribution in [1.29, 1.82) is 0 Å². The predicted molar refractivity (Wildman–Crippen MR) is 81.1 cm³/mol. The van der Waals surface area contributed by atoms with Crippen molar-refractivity contribution in [2.45, 2.75) is 6.54 Å². The molecule has 0 unspecified atom stereocenters. The molecule has 0 amide bonds. The fourth-order valence-corrected chi connectivity index (χ4v) is 2.47. The second-order valence-corrected chi connectivity index (χ2v) is 5.20. The van der Waals surface area contributed by atoms with Gasteiger partial charge in [0.1, 0.15) is 11.5 Å². The molecule has 100 valence electrons. The van der Waals surface area contributed by atoms with Crippen LogP contribution in [0.1, 0.15) is 5.56 Å². The molecular weight excluding hydrogens is 330 g/mol. The van der Waals surface area contributed by atoms with Crippen molar-refractivity contribution in [3.8, 4) is 11.5 Å². The highest BCUT2D eigenvalue weighted by atomic mass is 79.9. The van der Waals surface area contributed by atoms with Crippen molar-refractivity contribution < 1.29 is 9.84 Å². The minimum absolute atomic E-state index is 0.188. The number of phenols is 1. The number of methoxy groups -OCH3 is 1. The van der Waals surface area contributed by atoms with E-state index in [1.807, 2.05) is 18.2 Å². The molecule has 0 aliphatic carbocycles. The fraction of sp³-hybridized carbons (Fsp3) is 0.143. The van der Waals surface area contributed by atoms with Gasteiger partial charge in [-0.1, -0.05) is 17.7 Å². The van der Waals surface area contributed by atoms with Crippen LogP contribution >= 0.6 is 27.5 Å². The average Bonchev–Trinajstić information content (AvgIpc) is 2.38. The van der Waals surface area contributed by atoms with E-state index in [2.05, 4.69) is 21.2 Å². The van der Waals surface area contributed by atoms with Crippen LogP contribution in [0.5, 0.6) is 11.5 Å². The molecule has 0 aliphatic rings. The van der Waals surface area contributed by atoms with Crippen molar-refractivity contribution in [2.24, 2.45) is 0 Å². The lowest BCUT2D eigenvalue weighted by Gasteiger charge is -2.11. The molecule has 0 saturated heterocycles. The second kappa shape index (κ2) is 6.17. The first-order valence-electron chi connectivity index (χ1n) is 5.65. The monoisotopic (exact) mass is 341 g/mol. The highest BCUT2D eigenvalue weighted by Crippen LogP contribution is 2.29. The SMILES string of the molecule is COc1ccc(NCc2c(O)cccc2Cl)cc1Br. The largest absolute Gasteiger partial charge is 0.508 e. The summed E-state index contributed by atoms with van der Waals surface area (Å²) in [5, 5.41) is 13.5. The van der Waals surface area contributed by atoms with Gasteiger partial charge in [-0.05, 0) is 46.3 Å². The molecule has 2 rings (SSSR count). The maximum absolute atomic E-state index is 9.75. The molecule has 0 fully saturated rings. The Hall–Kier alpha value is -1.39. The van der Waals surface area contributed by atoms with Gasteiger partial charge in [0.15, 0.2) is 0 Å². The van der Waals surface area contributed by atoms with Crippen molar-refractivity contribution in [2.75, 3.05) is 12.4 Å². The van der Waals surface area contributed by atoms with Gasteiger partial charge < -0.3 is 15.2 Å². The lowest BCUT2D eigenvalue weighted by molar-refractivity contribution is 0.412. The number of benzene rings is 2. The number of hydrogen-bond donors (Lipinski definition) is 2. The van der Waals surface area contributed by atoms with E-state index in [-0.39, 0.29) is 5.75 Å². The molecule has 0 bridgehead atoms. The fourth-order valence-electron chi connectivity index (χ4n) is 1.69. The van der Waals surface area contributed by atoms with Crippen LogP contribution in [0.25, 0.3) is 0 Å². The van der Waals surface area contributed by atoms with E-state index in [1.54, 1.807) is 25.3 Å². The molecule has 2 aromatic rings. The van der Waals surface area contributed by atoms with E-state index >= 15 is 0 Å². The summed E-state index contributed by atoms with van der Waals surface area (Å²) in [7, 11) is 1.62. The number of rotatable bonds is 4. The number of phenolic OH excluding ortho intramolecular Hbond substituents is 1. The van der Waals surface area contributed by atoms with Gasteiger partial charge in [-0.3, -0.25) is 0 Å². The number of hydrogen-bond acceptors (Lipinski definition) is 3. The number of ether oxygens (including phenoxy) is 1. The van der Waals surface area contributed by atoms with Gasteiger partial charge >= 0.3 is 0 Å². The van der Waals surface area contributed by atoms with Crippen LogP contribution in [0.2, 0.25) is 5.02 Å². The van der Waals surface area contributed by atoms with Gasteiger partial charge in [-0.15, -0.1) is 0 Å². The molecule has 19 heavy (non-hydrogen) atoms. The van der Waals surface area contributed by atoms with Crippen LogP contribution in [-0.2, 0) is 6.54 Å². The summed E-state index contributed by atoms with van der Waals surface area (Å²) in [6.45, 7) is 0.449. The molecule has 0 atom stereocenters. The molecule has 0 aliphatic heterocycles. The van der Waals surface area contributed by atoms with Gasteiger partial charge in [-0.25, -0.2) is 0 Å². The summed E-state index contributed by atoms with van der Waals surface area (Å²) < 4.78 is 6.03. The molecule has 2 N–H and O–H groups in total. The zero-order chi connectivity index (χ0) is 13.8. The van der Waals surface area contributed by atoms with Crippen LogP contribution in [0.4, 0.5) is 5.69 Å². The van der Waals surface area contributed by atoms with E-state index in [1.165, 1.54) is 0 Å². The van der Waals surface area contributed by atoms with E-state index in [9.17, 15) is 5.11 Å². The smallest absolute Gasteiger partial charge is 0.133 e. The Morgan fingerprint density at radius 1 is 1.32 bits per heavy atom. The Labute approximate surface area is 125 Å². The van der Waals surface area contributed by atoms with Crippen molar-refractivity contribution in [3.05, 3.63) is 51.5 Å². The van der Waals surface area contributed by atoms with Crippen molar-refractivity contribution in [3.63, 3.8) is 0 Å². The zero-order valence-corrected chi connectivity index (χ0v) is 12.6. The van der Waals surface area contributed by atoms with Crippen LogP contribution in [0.3, 0.4) is 0 Å². The molecule has 3 nitrogen and oxygen atoms in total. The van der Waals surface area contributed by atoms with Gasteiger partial charge in [0.2, 0.25) is 0 Å². The lowest BCUT2D eigenvalue weighted by Crippen LogP contribution is -2.00. The summed E-state index contributed by atoms with van der Waals surface area (Å²) in [4.78, 5) is 0. The van der Waals surface area contributed by atoms with Crippen LogP contribution < -0.4 is 10.1 Å². The minimum atomic E-state index is 0.188. The molecule has 5 heteroatoms. The average molecular weight is 343 g/mol. The highest BCUT2D eigenvalue weighted by Gasteiger charge is 2.06. The highest BCUT2D eigenvalue weighted by molar-refractivity contribution is 9.10. The Balaban J connectivity index is 2.13. The van der Waals surface area contributed by atoms with Crippen LogP contribution in [-0.4, -0.2) is 12.2 Å². The normalized spacial score (nSPS) is 10.3. The zero-order valence-electron chi connectivity index (χ0n) is 10.3. The minimum Gasteiger partial charge on any atom is -0.508 e. The van der Waals surface area contributed by atoms with E-state index in [0.29, 0.717) is 17.1 Å². The second-order valence-electron chi connectivity index (χ2n) is 3.94. The molecule has 0 spiro atoms. The number of anilines is 1. The Morgan fingerprint density at radius 2 is 2.11 bits per heavy atom. The summed E-state index contributed by atoms with van der Waals surface area (Å²) >= 11 is 9.47.